The molecule has 38 heavy (non-hydrogen) atoms. The van der Waals surface area contributed by atoms with Gasteiger partial charge in [0.1, 0.15) is 0 Å². The first kappa shape index (κ1) is 25.6. The summed E-state index contributed by atoms with van der Waals surface area (Å²) in [6, 6.07) is 17.7. The number of halogens is 1. The van der Waals surface area contributed by atoms with Crippen LogP contribution in [0.1, 0.15) is 56.5 Å². The Morgan fingerprint density at radius 3 is 2.53 bits per heavy atom. The first-order valence-electron chi connectivity index (χ1n) is 12.9. The van der Waals surface area contributed by atoms with Crippen LogP contribution in [0.2, 0.25) is 5.02 Å². The second-order valence-electron chi connectivity index (χ2n) is 9.63. The maximum absolute atomic E-state index is 13.8. The number of benzene rings is 2. The molecule has 194 valence electrons. The van der Waals surface area contributed by atoms with E-state index in [0.29, 0.717) is 17.4 Å². The van der Waals surface area contributed by atoms with Crippen molar-refractivity contribution < 1.29 is 0 Å². The van der Waals surface area contributed by atoms with Crippen LogP contribution in [0, 0.1) is 0 Å². The van der Waals surface area contributed by atoms with Gasteiger partial charge in [-0.3, -0.25) is 14.1 Å². The summed E-state index contributed by atoms with van der Waals surface area (Å²) in [6.45, 7) is 6.74. The van der Waals surface area contributed by atoms with E-state index in [2.05, 4.69) is 41.4 Å². The largest absolute Gasteiger partial charge is 0.333 e. The monoisotopic (exact) mass is 527 g/mol. The number of nitrogens with zero attached hydrogens (tertiary/aromatic N) is 6. The van der Waals surface area contributed by atoms with E-state index >= 15 is 0 Å². The predicted molar refractivity (Wildman–Crippen MR) is 150 cm³/mol. The normalized spacial score (nSPS) is 11.4. The van der Waals surface area contributed by atoms with Crippen LogP contribution >= 0.6 is 11.6 Å². The Balaban J connectivity index is 1.51. The fraction of sp³-hybridized carbons (Fsp3) is 0.276. The molecule has 8 nitrogen and oxygen atoms in total. The molecule has 5 aromatic rings. The van der Waals surface area contributed by atoms with Crippen molar-refractivity contribution in [3.63, 3.8) is 0 Å². The Bertz CT molecular complexity index is 1580. The molecule has 0 saturated heterocycles. The molecule has 1 N–H and O–H groups in total. The van der Waals surface area contributed by atoms with Gasteiger partial charge in [0.2, 0.25) is 0 Å². The SMILES string of the molecule is CCCCc1cn(-c2c(Cl)cccc2C(C)C)c(=O)n1Cc1ccc(-c2ccccc2-c2nnn[nH]2)cn1. The minimum absolute atomic E-state index is 0.111. The molecule has 0 aliphatic carbocycles. The molecule has 0 aliphatic heterocycles. The van der Waals surface area contributed by atoms with Gasteiger partial charge in [0.25, 0.3) is 0 Å². The molecule has 0 saturated carbocycles. The number of H-pyrrole nitrogens is 1. The van der Waals surface area contributed by atoms with E-state index in [-0.39, 0.29) is 11.6 Å². The lowest BCUT2D eigenvalue weighted by Gasteiger charge is -2.14. The summed E-state index contributed by atoms with van der Waals surface area (Å²) in [7, 11) is 0. The molecule has 9 heteroatoms. The maximum Gasteiger partial charge on any atom is 0.333 e. The number of nitrogens with one attached hydrogen (secondary N) is 1. The van der Waals surface area contributed by atoms with E-state index in [4.69, 9.17) is 16.6 Å². The summed E-state index contributed by atoms with van der Waals surface area (Å²) < 4.78 is 3.53. The van der Waals surface area contributed by atoms with Crippen molar-refractivity contribution in [1.29, 1.82) is 0 Å². The Morgan fingerprint density at radius 2 is 1.84 bits per heavy atom. The summed E-state index contributed by atoms with van der Waals surface area (Å²) in [5.41, 5.74) is 6.26. The van der Waals surface area contributed by atoms with Crippen LogP contribution in [0.3, 0.4) is 0 Å². The fourth-order valence-corrected chi connectivity index (χ4v) is 4.99. The first-order chi connectivity index (χ1) is 18.5. The number of hydrogen-bond donors (Lipinski definition) is 1. The summed E-state index contributed by atoms with van der Waals surface area (Å²) in [5, 5.41) is 14.8. The Hall–Kier alpha value is -4.04. The quantitative estimate of drug-likeness (QED) is 0.252. The number of unbranched alkanes of at least 4 members (excludes halogenated alkanes) is 1. The molecule has 0 fully saturated rings. The second kappa shape index (κ2) is 11.1. The maximum atomic E-state index is 13.8. The molecule has 3 heterocycles. The zero-order chi connectivity index (χ0) is 26.6. The van der Waals surface area contributed by atoms with Crippen molar-refractivity contribution in [3.05, 3.63) is 99.4 Å². The number of tetrazole rings is 1. The van der Waals surface area contributed by atoms with Crippen LogP contribution < -0.4 is 5.69 Å². The molecule has 5 rings (SSSR count). The van der Waals surface area contributed by atoms with Gasteiger partial charge in [0.05, 0.1) is 22.9 Å². The molecule has 0 bridgehead atoms. The minimum atomic E-state index is -0.111. The third-order valence-electron chi connectivity index (χ3n) is 6.71. The number of imidazole rings is 1. The first-order valence-corrected chi connectivity index (χ1v) is 13.2. The summed E-state index contributed by atoms with van der Waals surface area (Å²) in [6.07, 6.45) is 6.60. The van der Waals surface area contributed by atoms with E-state index in [9.17, 15) is 4.79 Å². The highest BCUT2D eigenvalue weighted by atomic mass is 35.5. The van der Waals surface area contributed by atoms with Crippen molar-refractivity contribution in [2.24, 2.45) is 0 Å². The lowest BCUT2D eigenvalue weighted by molar-refractivity contribution is 0.663. The minimum Gasteiger partial charge on any atom is -0.290 e. The molecule has 0 unspecified atom stereocenters. The number of hydrogen-bond acceptors (Lipinski definition) is 5. The van der Waals surface area contributed by atoms with Crippen molar-refractivity contribution in [2.45, 2.75) is 52.5 Å². The number of aromatic nitrogens is 7. The van der Waals surface area contributed by atoms with Crippen molar-refractivity contribution in [2.75, 3.05) is 0 Å². The van der Waals surface area contributed by atoms with E-state index < -0.39 is 0 Å². The summed E-state index contributed by atoms with van der Waals surface area (Å²) >= 11 is 6.64. The molecular weight excluding hydrogens is 498 g/mol. The number of para-hydroxylation sites is 1. The molecular formula is C29H30ClN7O. The Kier molecular flexibility index (Phi) is 7.51. The molecule has 0 spiro atoms. The highest BCUT2D eigenvalue weighted by Gasteiger charge is 2.19. The molecule has 0 aliphatic rings. The zero-order valence-corrected chi connectivity index (χ0v) is 22.5. The smallest absolute Gasteiger partial charge is 0.290 e. The average molecular weight is 528 g/mol. The van der Waals surface area contributed by atoms with Gasteiger partial charge >= 0.3 is 5.69 Å². The van der Waals surface area contributed by atoms with Crippen molar-refractivity contribution in [3.8, 4) is 28.2 Å². The second-order valence-corrected chi connectivity index (χ2v) is 10.0. The van der Waals surface area contributed by atoms with Crippen molar-refractivity contribution in [1.82, 2.24) is 34.7 Å². The van der Waals surface area contributed by atoms with Crippen LogP contribution in [0.25, 0.3) is 28.2 Å². The van der Waals surface area contributed by atoms with E-state index in [0.717, 1.165) is 58.6 Å². The van der Waals surface area contributed by atoms with Crippen LogP contribution in [-0.4, -0.2) is 34.7 Å². The molecule has 2 aromatic carbocycles. The Labute approximate surface area is 226 Å². The Morgan fingerprint density at radius 1 is 1.03 bits per heavy atom. The zero-order valence-electron chi connectivity index (χ0n) is 21.7. The lowest BCUT2D eigenvalue weighted by atomic mass is 10.0. The van der Waals surface area contributed by atoms with E-state index in [1.54, 1.807) is 4.57 Å². The van der Waals surface area contributed by atoms with Crippen LogP contribution in [-0.2, 0) is 13.0 Å². The number of aromatic amines is 1. The van der Waals surface area contributed by atoms with Crippen LogP contribution in [0.5, 0.6) is 0 Å². The van der Waals surface area contributed by atoms with Crippen LogP contribution in [0.4, 0.5) is 0 Å². The van der Waals surface area contributed by atoms with E-state index in [1.165, 1.54) is 0 Å². The number of rotatable bonds is 9. The lowest BCUT2D eigenvalue weighted by Crippen LogP contribution is -2.26. The molecule has 0 atom stereocenters. The average Bonchev–Trinajstić information content (AvgIpc) is 3.57. The molecule has 3 aromatic heterocycles. The fourth-order valence-electron chi connectivity index (χ4n) is 4.72. The van der Waals surface area contributed by atoms with Crippen molar-refractivity contribution >= 4 is 11.6 Å². The highest BCUT2D eigenvalue weighted by Crippen LogP contribution is 2.31. The van der Waals surface area contributed by atoms with Gasteiger partial charge in [-0.05, 0) is 52.4 Å². The van der Waals surface area contributed by atoms with Gasteiger partial charge in [0.15, 0.2) is 5.82 Å². The number of pyridine rings is 1. The summed E-state index contributed by atoms with van der Waals surface area (Å²) in [5.74, 6) is 0.821. The van der Waals surface area contributed by atoms with Gasteiger partial charge in [-0.1, -0.05) is 81.3 Å². The molecule has 0 radical (unpaired) electrons. The van der Waals surface area contributed by atoms with Crippen LogP contribution in [0.15, 0.2) is 71.8 Å². The van der Waals surface area contributed by atoms with Gasteiger partial charge in [-0.15, -0.1) is 5.10 Å². The predicted octanol–water partition coefficient (Wildman–Crippen LogP) is 6.05. The number of aryl methyl sites for hydroxylation is 1. The van der Waals surface area contributed by atoms with Gasteiger partial charge in [0, 0.05) is 29.2 Å². The van der Waals surface area contributed by atoms with E-state index in [1.807, 2.05) is 71.6 Å². The third kappa shape index (κ3) is 5.04. The van der Waals surface area contributed by atoms with Gasteiger partial charge < -0.3 is 0 Å². The highest BCUT2D eigenvalue weighted by molar-refractivity contribution is 6.32. The van der Waals surface area contributed by atoms with Gasteiger partial charge in [-0.25, -0.2) is 9.89 Å². The standard InChI is InChI=1S/C29H30ClN7O/c1-4-5-9-22-18-37(27-23(19(2)3)12-8-13-26(27)30)29(38)36(22)17-21-15-14-20(16-31-21)24-10-6-7-11-25(24)28-32-34-35-33-28/h6-8,10-16,18-19H,4-5,9,17H2,1-3H3,(H,32,33,34,35). The topological polar surface area (TPSA) is 94.3 Å². The van der Waals surface area contributed by atoms with Gasteiger partial charge in [-0.2, -0.15) is 0 Å². The molecule has 0 amide bonds. The third-order valence-corrected chi connectivity index (χ3v) is 7.02. The summed E-state index contributed by atoms with van der Waals surface area (Å²) in [4.78, 5) is 18.5.